The van der Waals surface area contributed by atoms with Gasteiger partial charge in [0.05, 0.1) is 26.9 Å². The van der Waals surface area contributed by atoms with Crippen LogP contribution in [-0.2, 0) is 16.1 Å². The molecule has 1 atom stereocenters. The molecule has 2 heterocycles. The summed E-state index contributed by atoms with van der Waals surface area (Å²) >= 11 is 0. The van der Waals surface area contributed by atoms with Gasteiger partial charge in [0.2, 0.25) is 5.91 Å². The van der Waals surface area contributed by atoms with Crippen molar-refractivity contribution in [2.45, 2.75) is 19.0 Å². The van der Waals surface area contributed by atoms with Crippen molar-refractivity contribution in [2.75, 3.05) is 26.9 Å². The number of H-pyrrole nitrogens is 1. The molecule has 3 N–H and O–H groups in total. The third kappa shape index (κ3) is 4.30. The molecule has 1 fully saturated rings. The first kappa shape index (κ1) is 16.4. The van der Waals surface area contributed by atoms with E-state index in [-0.39, 0.29) is 11.9 Å². The summed E-state index contributed by atoms with van der Waals surface area (Å²) in [6, 6.07) is 7.56. The monoisotopic (exact) mass is 331 g/mol. The van der Waals surface area contributed by atoms with Gasteiger partial charge in [0.1, 0.15) is 11.6 Å². The Morgan fingerprint density at radius 3 is 2.96 bits per heavy atom. The molecule has 2 aromatic rings. The van der Waals surface area contributed by atoms with Gasteiger partial charge in [-0.2, -0.15) is 5.10 Å². The van der Waals surface area contributed by atoms with Crippen LogP contribution >= 0.6 is 0 Å². The van der Waals surface area contributed by atoms with Crippen molar-refractivity contribution in [3.05, 3.63) is 30.1 Å². The van der Waals surface area contributed by atoms with Crippen LogP contribution in [0.25, 0.3) is 11.4 Å². The molecule has 0 aliphatic carbocycles. The molecule has 0 spiro atoms. The van der Waals surface area contributed by atoms with Crippen molar-refractivity contribution in [1.82, 2.24) is 25.8 Å². The molecule has 1 saturated heterocycles. The topological polar surface area (TPSA) is 101 Å². The number of aromatic amines is 1. The summed E-state index contributed by atoms with van der Waals surface area (Å²) < 4.78 is 10.5. The Kier molecular flexibility index (Phi) is 5.39. The zero-order chi connectivity index (χ0) is 16.8. The zero-order valence-electron chi connectivity index (χ0n) is 13.5. The molecule has 3 rings (SSSR count). The molecular formula is C16H21N5O3. The van der Waals surface area contributed by atoms with Gasteiger partial charge in [0.15, 0.2) is 5.82 Å². The Hall–Kier alpha value is -2.45. The molecule has 0 radical (unpaired) electrons. The van der Waals surface area contributed by atoms with E-state index in [9.17, 15) is 4.79 Å². The van der Waals surface area contributed by atoms with Crippen LogP contribution in [0.5, 0.6) is 5.75 Å². The SMILES string of the molecule is COc1ccc(-c2n[nH]c(CNC(=O)CC3COCCN3)n2)cc1. The lowest BCUT2D eigenvalue weighted by molar-refractivity contribution is -0.122. The Bertz CT molecular complexity index is 665. The number of methoxy groups -OCH3 is 1. The van der Waals surface area contributed by atoms with Gasteiger partial charge in [-0.15, -0.1) is 0 Å². The molecule has 128 valence electrons. The van der Waals surface area contributed by atoms with Crippen LogP contribution in [0.2, 0.25) is 0 Å². The van der Waals surface area contributed by atoms with Crippen molar-refractivity contribution >= 4 is 5.91 Å². The first-order valence-electron chi connectivity index (χ1n) is 7.88. The Morgan fingerprint density at radius 2 is 2.25 bits per heavy atom. The second-order valence-electron chi connectivity index (χ2n) is 5.54. The predicted octanol–water partition coefficient (Wildman–Crippen LogP) is 0.475. The van der Waals surface area contributed by atoms with E-state index in [1.807, 2.05) is 24.3 Å². The van der Waals surface area contributed by atoms with Crippen LogP contribution in [-0.4, -0.2) is 54.0 Å². The summed E-state index contributed by atoms with van der Waals surface area (Å²) in [5.41, 5.74) is 0.883. The molecule has 1 aliphatic heterocycles. The first-order valence-corrected chi connectivity index (χ1v) is 7.88. The molecule has 1 amide bonds. The number of nitrogens with zero attached hydrogens (tertiary/aromatic N) is 2. The number of aromatic nitrogens is 3. The molecular weight excluding hydrogens is 310 g/mol. The average Bonchev–Trinajstić information content (AvgIpc) is 3.10. The second-order valence-corrected chi connectivity index (χ2v) is 5.54. The lowest BCUT2D eigenvalue weighted by atomic mass is 10.2. The van der Waals surface area contributed by atoms with Crippen LogP contribution < -0.4 is 15.4 Å². The van der Waals surface area contributed by atoms with E-state index in [1.54, 1.807) is 7.11 Å². The highest BCUT2D eigenvalue weighted by Crippen LogP contribution is 2.18. The maximum Gasteiger partial charge on any atom is 0.222 e. The number of hydrogen-bond acceptors (Lipinski definition) is 6. The van der Waals surface area contributed by atoms with E-state index in [0.29, 0.717) is 37.8 Å². The van der Waals surface area contributed by atoms with Gasteiger partial charge in [0.25, 0.3) is 0 Å². The number of amides is 1. The van der Waals surface area contributed by atoms with E-state index in [4.69, 9.17) is 9.47 Å². The zero-order valence-corrected chi connectivity index (χ0v) is 13.5. The Balaban J connectivity index is 1.50. The molecule has 0 bridgehead atoms. The highest BCUT2D eigenvalue weighted by Gasteiger charge is 2.17. The van der Waals surface area contributed by atoms with E-state index in [1.165, 1.54) is 0 Å². The van der Waals surface area contributed by atoms with Crippen LogP contribution in [0.1, 0.15) is 12.2 Å². The van der Waals surface area contributed by atoms with Crippen molar-refractivity contribution in [3.8, 4) is 17.1 Å². The van der Waals surface area contributed by atoms with Gasteiger partial charge in [0, 0.05) is 24.6 Å². The van der Waals surface area contributed by atoms with Crippen molar-refractivity contribution < 1.29 is 14.3 Å². The number of rotatable bonds is 6. The van der Waals surface area contributed by atoms with Crippen LogP contribution in [0.15, 0.2) is 24.3 Å². The minimum absolute atomic E-state index is 0.0413. The second kappa shape index (κ2) is 7.89. The van der Waals surface area contributed by atoms with Crippen LogP contribution in [0.3, 0.4) is 0 Å². The van der Waals surface area contributed by atoms with Crippen molar-refractivity contribution in [3.63, 3.8) is 0 Å². The first-order chi connectivity index (χ1) is 11.7. The maximum absolute atomic E-state index is 11.9. The third-order valence-electron chi connectivity index (χ3n) is 3.76. The number of ether oxygens (including phenoxy) is 2. The fourth-order valence-electron chi connectivity index (χ4n) is 2.47. The number of carbonyl (C=O) groups excluding carboxylic acids is 1. The molecule has 8 heteroatoms. The summed E-state index contributed by atoms with van der Waals surface area (Å²) in [7, 11) is 1.62. The van der Waals surface area contributed by atoms with E-state index < -0.39 is 0 Å². The van der Waals surface area contributed by atoms with Gasteiger partial charge < -0.3 is 20.1 Å². The normalized spacial score (nSPS) is 17.5. The van der Waals surface area contributed by atoms with E-state index >= 15 is 0 Å². The standard InChI is InChI=1S/C16H21N5O3/c1-23-13-4-2-11(3-5-13)16-19-14(20-21-16)9-18-15(22)8-12-10-24-7-6-17-12/h2-5,12,17H,6-10H2,1H3,(H,18,22)(H,19,20,21). The molecule has 24 heavy (non-hydrogen) atoms. The predicted molar refractivity (Wildman–Crippen MR) is 87.4 cm³/mol. The minimum Gasteiger partial charge on any atom is -0.497 e. The average molecular weight is 331 g/mol. The number of benzene rings is 1. The summed E-state index contributed by atoms with van der Waals surface area (Å²) in [6.07, 6.45) is 0.388. The number of morpholine rings is 1. The molecule has 0 saturated carbocycles. The van der Waals surface area contributed by atoms with E-state index in [0.717, 1.165) is 17.9 Å². The van der Waals surface area contributed by atoms with Crippen molar-refractivity contribution in [1.29, 1.82) is 0 Å². The largest absolute Gasteiger partial charge is 0.497 e. The highest BCUT2D eigenvalue weighted by molar-refractivity contribution is 5.76. The van der Waals surface area contributed by atoms with Crippen LogP contribution in [0, 0.1) is 0 Å². The number of hydrogen-bond donors (Lipinski definition) is 3. The van der Waals surface area contributed by atoms with Gasteiger partial charge >= 0.3 is 0 Å². The number of carbonyl (C=O) groups is 1. The van der Waals surface area contributed by atoms with Crippen LogP contribution in [0.4, 0.5) is 0 Å². The quantitative estimate of drug-likeness (QED) is 0.711. The summed E-state index contributed by atoms with van der Waals surface area (Å²) in [4.78, 5) is 16.3. The minimum atomic E-state index is -0.0413. The van der Waals surface area contributed by atoms with Gasteiger partial charge in [-0.05, 0) is 24.3 Å². The summed E-state index contributed by atoms with van der Waals surface area (Å²) in [5, 5.41) is 13.1. The summed E-state index contributed by atoms with van der Waals surface area (Å²) in [6.45, 7) is 2.36. The van der Waals surface area contributed by atoms with E-state index in [2.05, 4.69) is 25.8 Å². The van der Waals surface area contributed by atoms with Gasteiger partial charge in [-0.3, -0.25) is 9.89 Å². The lowest BCUT2D eigenvalue weighted by Crippen LogP contribution is -2.44. The van der Waals surface area contributed by atoms with Gasteiger partial charge in [-0.25, -0.2) is 4.98 Å². The fraction of sp³-hybridized carbons (Fsp3) is 0.438. The van der Waals surface area contributed by atoms with Gasteiger partial charge in [-0.1, -0.05) is 0 Å². The molecule has 1 aromatic heterocycles. The molecule has 1 aliphatic rings. The lowest BCUT2D eigenvalue weighted by Gasteiger charge is -2.23. The Labute approximate surface area is 140 Å². The highest BCUT2D eigenvalue weighted by atomic mass is 16.5. The molecule has 1 unspecified atom stereocenters. The third-order valence-corrected chi connectivity index (χ3v) is 3.76. The number of nitrogens with one attached hydrogen (secondary N) is 3. The summed E-state index contributed by atoms with van der Waals surface area (Å²) in [5.74, 6) is 1.94. The smallest absolute Gasteiger partial charge is 0.222 e. The molecule has 8 nitrogen and oxygen atoms in total. The Morgan fingerprint density at radius 1 is 1.42 bits per heavy atom. The van der Waals surface area contributed by atoms with Crippen molar-refractivity contribution in [2.24, 2.45) is 0 Å². The maximum atomic E-state index is 11.9. The molecule has 1 aromatic carbocycles. The fourth-order valence-corrected chi connectivity index (χ4v) is 2.47.